The first kappa shape index (κ1) is 5.50. The minimum Gasteiger partial charge on any atom is -0.349 e. The monoisotopic (exact) mass is 135 g/mol. The molecule has 0 radical (unpaired) electrons. The first-order chi connectivity index (χ1) is 2.27. The van der Waals surface area contributed by atoms with E-state index < -0.39 is 0 Å². The predicted octanol–water partition coefficient (Wildman–Crippen LogP) is 0.719. The van der Waals surface area contributed by atoms with Crippen molar-refractivity contribution in [3.63, 3.8) is 0 Å². The van der Waals surface area contributed by atoms with E-state index in [-0.39, 0.29) is 0 Å². The van der Waals surface area contributed by atoms with Gasteiger partial charge in [-0.05, 0) is 7.05 Å². The van der Waals surface area contributed by atoms with Gasteiger partial charge in [-0.1, -0.05) is 6.82 Å². The van der Waals surface area contributed by atoms with Gasteiger partial charge in [0.1, 0.15) is 0 Å². The van der Waals surface area contributed by atoms with E-state index in [0.29, 0.717) is 5.67 Å². The third kappa shape index (κ3) is 4.50. The summed E-state index contributed by atoms with van der Waals surface area (Å²) in [5.74, 6) is 0. The minimum atomic E-state index is 0.447. The molecule has 0 amide bonds. The largest absolute Gasteiger partial charge is 0.349 e. The smallest absolute Gasteiger partial charge is 0.296 e. The van der Waals surface area contributed by atoms with Crippen molar-refractivity contribution in [3.8, 4) is 0 Å². The fourth-order valence-electron chi connectivity index (χ4n) is 0. The standard InChI is InChI=1S/C2H7BBrN/c1-3(4)5-2/h5H,1-2H3. The summed E-state index contributed by atoms with van der Waals surface area (Å²) in [4.78, 5) is 0. The van der Waals surface area contributed by atoms with Crippen LogP contribution in [-0.4, -0.2) is 12.7 Å². The second-order valence-corrected chi connectivity index (χ2v) is 2.28. The molecule has 1 nitrogen and oxygen atoms in total. The maximum Gasteiger partial charge on any atom is 0.296 e. The molecule has 0 aromatic heterocycles. The summed E-state index contributed by atoms with van der Waals surface area (Å²) in [5, 5.41) is 2.94. The molecule has 0 aliphatic carbocycles. The van der Waals surface area contributed by atoms with Crippen LogP contribution in [0.25, 0.3) is 0 Å². The van der Waals surface area contributed by atoms with Gasteiger partial charge < -0.3 is 5.23 Å². The van der Waals surface area contributed by atoms with E-state index in [1.807, 2.05) is 13.9 Å². The Morgan fingerprint density at radius 3 is 2.00 bits per heavy atom. The van der Waals surface area contributed by atoms with Gasteiger partial charge in [0.15, 0.2) is 0 Å². The van der Waals surface area contributed by atoms with Crippen LogP contribution in [0.2, 0.25) is 6.82 Å². The molecule has 0 bridgehead atoms. The fourth-order valence-corrected chi connectivity index (χ4v) is 0. The molecule has 3 heteroatoms. The first-order valence-corrected chi connectivity index (χ1v) is 2.50. The zero-order valence-electron chi connectivity index (χ0n) is 3.46. The second-order valence-electron chi connectivity index (χ2n) is 0.905. The summed E-state index contributed by atoms with van der Waals surface area (Å²) >= 11 is 3.26. The summed E-state index contributed by atoms with van der Waals surface area (Å²) in [7, 11) is 1.90. The highest BCUT2D eigenvalue weighted by Gasteiger charge is 1.89. The quantitative estimate of drug-likeness (QED) is 0.523. The van der Waals surface area contributed by atoms with Crippen molar-refractivity contribution in [1.29, 1.82) is 0 Å². The maximum atomic E-state index is 3.26. The van der Waals surface area contributed by atoms with Crippen molar-refractivity contribution in [1.82, 2.24) is 5.23 Å². The zero-order chi connectivity index (χ0) is 4.28. The van der Waals surface area contributed by atoms with Gasteiger partial charge in [0.2, 0.25) is 0 Å². The molecule has 0 saturated heterocycles. The maximum absolute atomic E-state index is 3.26. The van der Waals surface area contributed by atoms with E-state index in [0.717, 1.165) is 0 Å². The number of hydrogen-bond acceptors (Lipinski definition) is 1. The average molecular weight is 136 g/mol. The van der Waals surface area contributed by atoms with E-state index in [9.17, 15) is 0 Å². The topological polar surface area (TPSA) is 12.0 Å². The molecule has 1 N–H and O–H groups in total. The van der Waals surface area contributed by atoms with Crippen LogP contribution >= 0.6 is 15.8 Å². The Bertz CT molecular complexity index is 23.6. The number of hydrogen-bond donors (Lipinski definition) is 1. The van der Waals surface area contributed by atoms with E-state index in [2.05, 4.69) is 21.0 Å². The lowest BCUT2D eigenvalue weighted by Crippen LogP contribution is -2.17. The number of halogens is 1. The van der Waals surface area contributed by atoms with Gasteiger partial charge in [-0.2, -0.15) is 0 Å². The molecule has 0 fully saturated rings. The Hall–Kier alpha value is 0.505. The van der Waals surface area contributed by atoms with Crippen molar-refractivity contribution < 1.29 is 0 Å². The molecule has 0 unspecified atom stereocenters. The molecule has 0 saturated carbocycles. The van der Waals surface area contributed by atoms with Gasteiger partial charge in [0.25, 0.3) is 5.67 Å². The van der Waals surface area contributed by atoms with Gasteiger partial charge in [0, 0.05) is 0 Å². The molecule has 5 heavy (non-hydrogen) atoms. The Balaban J connectivity index is 2.54. The number of rotatable bonds is 1. The van der Waals surface area contributed by atoms with E-state index in [4.69, 9.17) is 0 Å². The fraction of sp³-hybridized carbons (Fsp3) is 1.00. The number of nitrogens with one attached hydrogen (secondary N) is 1. The lowest BCUT2D eigenvalue weighted by atomic mass is 10.0. The van der Waals surface area contributed by atoms with Crippen molar-refractivity contribution in [2.24, 2.45) is 0 Å². The molecule has 30 valence electrons. The van der Waals surface area contributed by atoms with Crippen LogP contribution in [0.1, 0.15) is 0 Å². The van der Waals surface area contributed by atoms with Crippen LogP contribution in [0.5, 0.6) is 0 Å². The Morgan fingerprint density at radius 2 is 2.00 bits per heavy atom. The van der Waals surface area contributed by atoms with Gasteiger partial charge in [-0.15, -0.1) is 15.8 Å². The molecule has 0 rings (SSSR count). The molecule has 0 heterocycles. The molecule has 0 spiro atoms. The van der Waals surface area contributed by atoms with E-state index in [1.165, 1.54) is 0 Å². The normalized spacial score (nSPS) is 7.80. The van der Waals surface area contributed by atoms with Crippen LogP contribution in [0.3, 0.4) is 0 Å². The Labute approximate surface area is 41.2 Å². The molecule has 0 aliphatic rings. The van der Waals surface area contributed by atoms with Crippen molar-refractivity contribution in [2.75, 3.05) is 7.05 Å². The summed E-state index contributed by atoms with van der Waals surface area (Å²) in [5.41, 5.74) is 0.447. The second kappa shape index (κ2) is 2.73. The average Bonchev–Trinajstić information content (AvgIpc) is 1.38. The van der Waals surface area contributed by atoms with Crippen molar-refractivity contribution in [3.05, 3.63) is 0 Å². The summed E-state index contributed by atoms with van der Waals surface area (Å²) in [6.07, 6.45) is 0. The minimum absolute atomic E-state index is 0.447. The van der Waals surface area contributed by atoms with Crippen LogP contribution in [0.4, 0.5) is 0 Å². The summed E-state index contributed by atoms with van der Waals surface area (Å²) in [6.45, 7) is 2.03. The Morgan fingerprint density at radius 1 is 1.80 bits per heavy atom. The summed E-state index contributed by atoms with van der Waals surface area (Å²) < 4.78 is 0. The van der Waals surface area contributed by atoms with Gasteiger partial charge in [0.05, 0.1) is 0 Å². The van der Waals surface area contributed by atoms with Crippen LogP contribution in [0.15, 0.2) is 0 Å². The molecule has 0 aliphatic heterocycles. The van der Waals surface area contributed by atoms with Gasteiger partial charge in [-0.3, -0.25) is 0 Å². The first-order valence-electron chi connectivity index (χ1n) is 1.58. The SMILES string of the molecule is CNB(C)Br. The molecule has 0 atom stereocenters. The van der Waals surface area contributed by atoms with Gasteiger partial charge >= 0.3 is 0 Å². The molecular formula is C2H7BBrN. The lowest BCUT2D eigenvalue weighted by Gasteiger charge is -1.86. The highest BCUT2D eigenvalue weighted by molar-refractivity contribution is 9.24. The van der Waals surface area contributed by atoms with E-state index in [1.54, 1.807) is 0 Å². The third-order valence-electron chi connectivity index (χ3n) is 0.398. The lowest BCUT2D eigenvalue weighted by molar-refractivity contribution is 1.24. The van der Waals surface area contributed by atoms with Crippen LogP contribution in [0, 0.1) is 0 Å². The van der Waals surface area contributed by atoms with Crippen molar-refractivity contribution >= 4 is 21.4 Å². The van der Waals surface area contributed by atoms with E-state index >= 15 is 0 Å². The molecular weight excluding hydrogens is 129 g/mol. The zero-order valence-corrected chi connectivity index (χ0v) is 5.04. The third-order valence-corrected chi connectivity index (χ3v) is 0.856. The molecule has 0 aromatic rings. The van der Waals surface area contributed by atoms with Crippen LogP contribution in [-0.2, 0) is 0 Å². The Kier molecular flexibility index (Phi) is 3.00. The predicted molar refractivity (Wildman–Crippen MR) is 29.6 cm³/mol. The summed E-state index contributed by atoms with van der Waals surface area (Å²) in [6, 6.07) is 0. The van der Waals surface area contributed by atoms with Crippen molar-refractivity contribution in [2.45, 2.75) is 6.82 Å². The highest BCUT2D eigenvalue weighted by atomic mass is 79.9. The van der Waals surface area contributed by atoms with Gasteiger partial charge in [-0.25, -0.2) is 0 Å². The van der Waals surface area contributed by atoms with Crippen LogP contribution < -0.4 is 5.23 Å². The highest BCUT2D eigenvalue weighted by Crippen LogP contribution is 1.80. The molecule has 0 aromatic carbocycles.